The van der Waals surface area contributed by atoms with Gasteiger partial charge in [0.25, 0.3) is 5.91 Å². The van der Waals surface area contributed by atoms with Gasteiger partial charge in [-0.1, -0.05) is 30.3 Å². The summed E-state index contributed by atoms with van der Waals surface area (Å²) >= 11 is 2.82. The molecule has 0 saturated carbocycles. The van der Waals surface area contributed by atoms with Crippen molar-refractivity contribution in [1.82, 2.24) is 15.6 Å². The van der Waals surface area contributed by atoms with E-state index in [9.17, 15) is 19.2 Å². The summed E-state index contributed by atoms with van der Waals surface area (Å²) in [6, 6.07) is 7.31. The van der Waals surface area contributed by atoms with Gasteiger partial charge in [0.05, 0.1) is 13.2 Å². The number of rotatable bonds is 15. The van der Waals surface area contributed by atoms with Crippen molar-refractivity contribution in [3.63, 3.8) is 0 Å². The SMILES string of the molecule is CCOC(=O)C(CSC)NC(=O)C1=NN(CCc2ccccc2)C(C(=O)NC(CSC)C(=O)OCC)C1. The standard InChI is InChI=1S/C25H36N4O6S2/c1-5-34-24(32)19(15-36-3)26-22(30)18-14-21(23(31)27-20(16-37-4)25(33)35-6-2)29(28-18)13-12-17-10-8-7-9-11-17/h7-11,19-21H,5-6,12-16H2,1-4H3,(H,26,30)(H,27,31). The number of thioether (sulfide) groups is 2. The Morgan fingerprint density at radius 2 is 1.54 bits per heavy atom. The highest BCUT2D eigenvalue weighted by molar-refractivity contribution is 7.98. The molecule has 10 nitrogen and oxygen atoms in total. The minimum atomic E-state index is -0.828. The molecule has 0 saturated heterocycles. The minimum absolute atomic E-state index is 0.0378. The van der Waals surface area contributed by atoms with Crippen molar-refractivity contribution in [2.75, 3.05) is 43.8 Å². The number of nitrogens with one attached hydrogen (secondary N) is 2. The van der Waals surface area contributed by atoms with Gasteiger partial charge in [-0.2, -0.15) is 28.6 Å². The second-order valence-corrected chi connectivity index (χ2v) is 9.99. The van der Waals surface area contributed by atoms with Crippen LogP contribution in [0, 0.1) is 0 Å². The summed E-state index contributed by atoms with van der Waals surface area (Å²) in [6.45, 7) is 4.20. The third kappa shape index (κ3) is 9.58. The number of amides is 2. The molecular formula is C25H36N4O6S2. The second-order valence-electron chi connectivity index (χ2n) is 8.17. The molecular weight excluding hydrogens is 516 g/mol. The van der Waals surface area contributed by atoms with E-state index in [1.165, 1.54) is 23.5 Å². The highest BCUT2D eigenvalue weighted by Crippen LogP contribution is 2.18. The lowest BCUT2D eigenvalue weighted by Gasteiger charge is -2.25. The number of carbonyl (C=O) groups excluding carboxylic acids is 4. The van der Waals surface area contributed by atoms with Gasteiger partial charge in [0.1, 0.15) is 23.8 Å². The summed E-state index contributed by atoms with van der Waals surface area (Å²) in [6.07, 6.45) is 4.30. The van der Waals surface area contributed by atoms with Crippen molar-refractivity contribution in [3.05, 3.63) is 35.9 Å². The van der Waals surface area contributed by atoms with Crippen LogP contribution in [0.4, 0.5) is 0 Å². The number of nitrogens with zero attached hydrogens (tertiary/aromatic N) is 2. The van der Waals surface area contributed by atoms with Gasteiger partial charge < -0.3 is 20.1 Å². The molecule has 0 aliphatic carbocycles. The van der Waals surface area contributed by atoms with Crippen molar-refractivity contribution in [2.24, 2.45) is 5.10 Å². The van der Waals surface area contributed by atoms with Crippen LogP contribution in [0.2, 0.25) is 0 Å². The van der Waals surface area contributed by atoms with E-state index < -0.39 is 41.9 Å². The molecule has 1 aromatic carbocycles. The van der Waals surface area contributed by atoms with Gasteiger partial charge in [0, 0.05) is 24.5 Å². The van der Waals surface area contributed by atoms with Crippen LogP contribution in [0.5, 0.6) is 0 Å². The number of esters is 2. The molecule has 3 unspecified atom stereocenters. The molecule has 37 heavy (non-hydrogen) atoms. The molecule has 3 atom stereocenters. The molecule has 1 aliphatic heterocycles. The zero-order valence-corrected chi connectivity index (χ0v) is 23.4. The molecule has 1 aliphatic rings. The Kier molecular flexibility index (Phi) is 13.3. The number of carbonyl (C=O) groups is 4. The van der Waals surface area contributed by atoms with Crippen LogP contribution < -0.4 is 10.6 Å². The van der Waals surface area contributed by atoms with E-state index in [2.05, 4.69) is 15.7 Å². The third-order valence-electron chi connectivity index (χ3n) is 5.46. The van der Waals surface area contributed by atoms with Crippen LogP contribution in [-0.4, -0.2) is 96.4 Å². The lowest BCUT2D eigenvalue weighted by Crippen LogP contribution is -2.51. The predicted molar refractivity (Wildman–Crippen MR) is 147 cm³/mol. The molecule has 0 spiro atoms. The van der Waals surface area contributed by atoms with Crippen LogP contribution >= 0.6 is 23.5 Å². The summed E-state index contributed by atoms with van der Waals surface area (Å²) in [4.78, 5) is 51.0. The average molecular weight is 553 g/mol. The normalized spacial score (nSPS) is 16.4. The molecule has 1 aromatic rings. The van der Waals surface area contributed by atoms with E-state index in [0.29, 0.717) is 24.5 Å². The zero-order valence-electron chi connectivity index (χ0n) is 21.7. The van der Waals surface area contributed by atoms with Gasteiger partial charge in [-0.15, -0.1) is 0 Å². The Balaban J connectivity index is 2.19. The number of benzene rings is 1. The van der Waals surface area contributed by atoms with Gasteiger partial charge in [0.2, 0.25) is 5.91 Å². The van der Waals surface area contributed by atoms with Crippen LogP contribution in [0.3, 0.4) is 0 Å². The molecule has 12 heteroatoms. The fourth-order valence-corrected chi connectivity index (χ4v) is 4.79. The first-order chi connectivity index (χ1) is 17.8. The number of hydrogen-bond acceptors (Lipinski definition) is 10. The first kappa shape index (κ1) is 30.5. The van der Waals surface area contributed by atoms with E-state index in [-0.39, 0.29) is 25.3 Å². The van der Waals surface area contributed by atoms with Crippen molar-refractivity contribution < 1.29 is 28.7 Å². The fourth-order valence-electron chi connectivity index (χ4n) is 3.68. The Bertz CT molecular complexity index is 946. The quantitative estimate of drug-likeness (QED) is 0.311. The topological polar surface area (TPSA) is 126 Å². The Hall–Kier alpha value is -2.73. The van der Waals surface area contributed by atoms with E-state index in [0.717, 1.165) is 5.56 Å². The molecule has 0 aromatic heterocycles. The molecule has 2 N–H and O–H groups in total. The Labute approximate surface area is 226 Å². The molecule has 2 rings (SSSR count). The highest BCUT2D eigenvalue weighted by atomic mass is 32.2. The van der Waals surface area contributed by atoms with Gasteiger partial charge in [-0.25, -0.2) is 9.59 Å². The zero-order chi connectivity index (χ0) is 27.2. The molecule has 1 heterocycles. The van der Waals surface area contributed by atoms with Crippen LogP contribution in [0.1, 0.15) is 25.8 Å². The third-order valence-corrected chi connectivity index (χ3v) is 6.80. The average Bonchev–Trinajstić information content (AvgIpc) is 3.32. The van der Waals surface area contributed by atoms with Gasteiger partial charge in [-0.3, -0.25) is 14.6 Å². The second kappa shape index (κ2) is 16.2. The molecule has 0 bridgehead atoms. The maximum atomic E-state index is 13.3. The smallest absolute Gasteiger partial charge is 0.329 e. The van der Waals surface area contributed by atoms with E-state index >= 15 is 0 Å². The largest absolute Gasteiger partial charge is 0.464 e. The lowest BCUT2D eigenvalue weighted by molar-refractivity contribution is -0.147. The predicted octanol–water partition coefficient (Wildman–Crippen LogP) is 1.48. The van der Waals surface area contributed by atoms with Gasteiger partial charge in [0.15, 0.2) is 0 Å². The Morgan fingerprint density at radius 1 is 0.973 bits per heavy atom. The van der Waals surface area contributed by atoms with E-state index in [1.54, 1.807) is 18.9 Å². The van der Waals surface area contributed by atoms with Gasteiger partial charge in [-0.05, 0) is 38.3 Å². The van der Waals surface area contributed by atoms with Crippen LogP contribution in [-0.2, 0) is 35.1 Å². The maximum absolute atomic E-state index is 13.3. The minimum Gasteiger partial charge on any atom is -0.464 e. The molecule has 2 amide bonds. The highest BCUT2D eigenvalue weighted by Gasteiger charge is 2.38. The summed E-state index contributed by atoms with van der Waals surface area (Å²) < 4.78 is 10.2. The van der Waals surface area contributed by atoms with Crippen molar-refractivity contribution in [2.45, 2.75) is 44.8 Å². The fraction of sp³-hybridized carbons (Fsp3) is 0.560. The summed E-state index contributed by atoms with van der Waals surface area (Å²) in [5, 5.41) is 11.5. The first-order valence-corrected chi connectivity index (χ1v) is 14.9. The van der Waals surface area contributed by atoms with Crippen LogP contribution in [0.15, 0.2) is 35.4 Å². The molecule has 0 fully saturated rings. The molecule has 0 radical (unpaired) electrons. The van der Waals surface area contributed by atoms with Gasteiger partial charge >= 0.3 is 11.9 Å². The summed E-state index contributed by atoms with van der Waals surface area (Å²) in [7, 11) is 0. The van der Waals surface area contributed by atoms with E-state index in [1.807, 2.05) is 42.8 Å². The lowest BCUT2D eigenvalue weighted by atomic mass is 10.1. The van der Waals surface area contributed by atoms with Crippen molar-refractivity contribution >= 4 is 53.0 Å². The number of ether oxygens (including phenoxy) is 2. The summed E-state index contributed by atoms with van der Waals surface area (Å²) in [5.74, 6) is -1.28. The monoisotopic (exact) mass is 552 g/mol. The molecule has 204 valence electrons. The number of hydrogen-bond donors (Lipinski definition) is 2. The van der Waals surface area contributed by atoms with Crippen molar-refractivity contribution in [3.8, 4) is 0 Å². The first-order valence-electron chi connectivity index (χ1n) is 12.1. The van der Waals surface area contributed by atoms with Crippen LogP contribution in [0.25, 0.3) is 0 Å². The summed E-state index contributed by atoms with van der Waals surface area (Å²) in [5.41, 5.74) is 1.20. The van der Waals surface area contributed by atoms with E-state index in [4.69, 9.17) is 9.47 Å². The number of hydrazone groups is 1. The van der Waals surface area contributed by atoms with Crippen molar-refractivity contribution in [1.29, 1.82) is 0 Å². The maximum Gasteiger partial charge on any atom is 0.329 e. The Morgan fingerprint density at radius 3 is 2.08 bits per heavy atom.